The fourth-order valence-corrected chi connectivity index (χ4v) is 2.69. The molecular weight excluding hydrogens is 248 g/mol. The van der Waals surface area contributed by atoms with Crippen molar-refractivity contribution in [2.24, 2.45) is 0 Å². The minimum Gasteiger partial charge on any atom is -0.385 e. The summed E-state index contributed by atoms with van der Waals surface area (Å²) in [7, 11) is 0. The van der Waals surface area contributed by atoms with Crippen LogP contribution in [-0.2, 0) is 5.60 Å². The molecule has 106 valence electrons. The van der Waals surface area contributed by atoms with E-state index in [0.717, 1.165) is 0 Å². The van der Waals surface area contributed by atoms with Gasteiger partial charge in [0.1, 0.15) is 0 Å². The summed E-state index contributed by atoms with van der Waals surface area (Å²) in [5.74, 6) is -1.75. The second-order valence-electron chi connectivity index (χ2n) is 5.72. The Labute approximate surface area is 113 Å². The molecule has 0 amide bonds. The first-order valence-corrected chi connectivity index (χ1v) is 6.76. The van der Waals surface area contributed by atoms with Crippen molar-refractivity contribution in [3.05, 3.63) is 34.9 Å². The molecule has 2 rings (SSSR count). The maximum Gasteiger partial charge on any atom is 0.165 e. The number of halogens is 2. The molecule has 1 heterocycles. The zero-order valence-electron chi connectivity index (χ0n) is 11.7. The molecule has 0 spiro atoms. The van der Waals surface area contributed by atoms with E-state index >= 15 is 0 Å². The molecule has 1 fully saturated rings. The third-order valence-electron chi connectivity index (χ3n) is 4.13. The Hall–Kier alpha value is -1.00. The van der Waals surface area contributed by atoms with Crippen LogP contribution in [0.4, 0.5) is 8.78 Å². The molecule has 0 saturated carbocycles. The molecule has 0 unspecified atom stereocenters. The van der Waals surface area contributed by atoms with E-state index < -0.39 is 17.2 Å². The van der Waals surface area contributed by atoms with Gasteiger partial charge in [0.05, 0.1) is 5.60 Å². The van der Waals surface area contributed by atoms with Gasteiger partial charge in [0.2, 0.25) is 0 Å². The Morgan fingerprint density at radius 1 is 1.16 bits per heavy atom. The van der Waals surface area contributed by atoms with Crippen LogP contribution in [0.2, 0.25) is 0 Å². The number of benzene rings is 1. The highest BCUT2D eigenvalue weighted by Gasteiger charge is 2.37. The molecule has 19 heavy (non-hydrogen) atoms. The lowest BCUT2D eigenvalue weighted by Crippen LogP contribution is -2.45. The highest BCUT2D eigenvalue weighted by Crippen LogP contribution is 2.35. The number of aryl methyl sites for hydroxylation is 1. The van der Waals surface area contributed by atoms with Crippen molar-refractivity contribution in [3.63, 3.8) is 0 Å². The maximum atomic E-state index is 14.0. The predicted molar refractivity (Wildman–Crippen MR) is 70.9 cm³/mol. The summed E-state index contributed by atoms with van der Waals surface area (Å²) in [6.07, 6.45) is 0.870. The van der Waals surface area contributed by atoms with Gasteiger partial charge in [-0.15, -0.1) is 0 Å². The maximum absolute atomic E-state index is 14.0. The van der Waals surface area contributed by atoms with E-state index in [2.05, 4.69) is 18.7 Å². The van der Waals surface area contributed by atoms with Crippen molar-refractivity contribution in [2.45, 2.75) is 45.3 Å². The Kier molecular flexibility index (Phi) is 3.92. The second kappa shape index (κ2) is 5.17. The third-order valence-corrected chi connectivity index (χ3v) is 4.13. The topological polar surface area (TPSA) is 23.5 Å². The van der Waals surface area contributed by atoms with Gasteiger partial charge in [0.15, 0.2) is 11.6 Å². The average Bonchev–Trinajstić information content (AvgIpc) is 2.36. The molecule has 4 heteroatoms. The van der Waals surface area contributed by atoms with Gasteiger partial charge in [-0.1, -0.05) is 12.1 Å². The minimum atomic E-state index is -1.25. The summed E-state index contributed by atoms with van der Waals surface area (Å²) in [6.45, 7) is 7.10. The van der Waals surface area contributed by atoms with Crippen LogP contribution < -0.4 is 0 Å². The largest absolute Gasteiger partial charge is 0.385 e. The number of aliphatic hydroxyl groups is 1. The highest BCUT2D eigenvalue weighted by molar-refractivity contribution is 5.30. The Morgan fingerprint density at radius 3 is 2.26 bits per heavy atom. The normalized spacial score (nSPS) is 19.9. The van der Waals surface area contributed by atoms with E-state index in [1.54, 1.807) is 0 Å². The highest BCUT2D eigenvalue weighted by atomic mass is 19.2. The molecule has 0 aromatic heterocycles. The van der Waals surface area contributed by atoms with Crippen molar-refractivity contribution in [2.75, 3.05) is 13.1 Å². The van der Waals surface area contributed by atoms with Gasteiger partial charge >= 0.3 is 0 Å². The quantitative estimate of drug-likeness (QED) is 0.892. The Morgan fingerprint density at radius 2 is 1.74 bits per heavy atom. The molecule has 0 bridgehead atoms. The number of rotatable bonds is 2. The van der Waals surface area contributed by atoms with Gasteiger partial charge in [0, 0.05) is 24.7 Å². The van der Waals surface area contributed by atoms with Crippen LogP contribution in [0, 0.1) is 18.6 Å². The van der Waals surface area contributed by atoms with Crippen molar-refractivity contribution in [1.82, 2.24) is 4.90 Å². The molecular formula is C15H21F2NO. The number of likely N-dealkylation sites (tertiary alicyclic amines) is 1. The van der Waals surface area contributed by atoms with E-state index in [1.807, 2.05) is 0 Å². The fourth-order valence-electron chi connectivity index (χ4n) is 2.69. The standard InChI is InChI=1S/C15H21F2NO/c1-10(2)18-8-6-15(19,7-9-18)12-5-4-11(3)13(16)14(12)17/h4-5,10,19H,6-9H2,1-3H3. The van der Waals surface area contributed by atoms with E-state index in [9.17, 15) is 13.9 Å². The summed E-state index contributed by atoms with van der Waals surface area (Å²) < 4.78 is 27.6. The van der Waals surface area contributed by atoms with Gasteiger partial charge in [-0.2, -0.15) is 0 Å². The first-order chi connectivity index (χ1) is 8.85. The zero-order chi connectivity index (χ0) is 14.2. The first kappa shape index (κ1) is 14.4. The Balaban J connectivity index is 2.25. The van der Waals surface area contributed by atoms with Gasteiger partial charge in [0.25, 0.3) is 0 Å². The number of hydrogen-bond acceptors (Lipinski definition) is 2. The summed E-state index contributed by atoms with van der Waals surface area (Å²) in [5.41, 5.74) is -0.882. The first-order valence-electron chi connectivity index (χ1n) is 6.76. The lowest BCUT2D eigenvalue weighted by atomic mass is 9.83. The van der Waals surface area contributed by atoms with Gasteiger partial charge in [-0.05, 0) is 39.2 Å². The van der Waals surface area contributed by atoms with Crippen LogP contribution in [0.1, 0.15) is 37.8 Å². The Bertz CT molecular complexity index is 465. The summed E-state index contributed by atoms with van der Waals surface area (Å²) in [4.78, 5) is 2.23. The third kappa shape index (κ3) is 2.65. The smallest absolute Gasteiger partial charge is 0.165 e. The van der Waals surface area contributed by atoms with Crippen LogP contribution in [0.3, 0.4) is 0 Å². The van der Waals surface area contributed by atoms with E-state index in [4.69, 9.17) is 0 Å². The van der Waals surface area contributed by atoms with Crippen molar-refractivity contribution >= 4 is 0 Å². The molecule has 1 aliphatic rings. The van der Waals surface area contributed by atoms with E-state index in [1.165, 1.54) is 19.1 Å². The van der Waals surface area contributed by atoms with Crippen LogP contribution >= 0.6 is 0 Å². The molecule has 1 N–H and O–H groups in total. The van der Waals surface area contributed by atoms with Crippen molar-refractivity contribution in [1.29, 1.82) is 0 Å². The summed E-state index contributed by atoms with van der Waals surface area (Å²) >= 11 is 0. The fraction of sp³-hybridized carbons (Fsp3) is 0.600. The molecule has 2 nitrogen and oxygen atoms in total. The van der Waals surface area contributed by atoms with Gasteiger partial charge < -0.3 is 10.0 Å². The lowest BCUT2D eigenvalue weighted by molar-refractivity contribution is -0.0352. The van der Waals surface area contributed by atoms with Crippen molar-refractivity contribution < 1.29 is 13.9 Å². The molecule has 1 saturated heterocycles. The number of hydrogen-bond donors (Lipinski definition) is 1. The van der Waals surface area contributed by atoms with Crippen LogP contribution in [0.5, 0.6) is 0 Å². The molecule has 1 aromatic carbocycles. The molecule has 0 radical (unpaired) electrons. The van der Waals surface area contributed by atoms with Gasteiger partial charge in [-0.25, -0.2) is 8.78 Å². The monoisotopic (exact) mass is 269 g/mol. The number of piperidine rings is 1. The van der Waals surface area contributed by atoms with Crippen LogP contribution in [-0.4, -0.2) is 29.1 Å². The summed E-state index contributed by atoms with van der Waals surface area (Å²) in [6, 6.07) is 3.45. The molecule has 0 aliphatic carbocycles. The van der Waals surface area contributed by atoms with Crippen LogP contribution in [0.15, 0.2) is 12.1 Å². The van der Waals surface area contributed by atoms with Crippen molar-refractivity contribution in [3.8, 4) is 0 Å². The summed E-state index contributed by atoms with van der Waals surface area (Å²) in [5, 5.41) is 10.6. The lowest BCUT2D eigenvalue weighted by Gasteiger charge is -2.40. The number of nitrogens with zero attached hydrogens (tertiary/aromatic N) is 1. The molecule has 1 aliphatic heterocycles. The second-order valence-corrected chi connectivity index (χ2v) is 5.72. The van der Waals surface area contributed by atoms with Crippen LogP contribution in [0.25, 0.3) is 0 Å². The van der Waals surface area contributed by atoms with E-state index in [0.29, 0.717) is 32.0 Å². The predicted octanol–water partition coefficient (Wildman–Crippen LogP) is 2.97. The average molecular weight is 269 g/mol. The minimum absolute atomic E-state index is 0.0963. The van der Waals surface area contributed by atoms with Gasteiger partial charge in [-0.3, -0.25) is 0 Å². The SMILES string of the molecule is Cc1ccc(C2(O)CCN(C(C)C)CC2)c(F)c1F. The molecule has 1 aromatic rings. The zero-order valence-corrected chi connectivity index (χ0v) is 11.7. The van der Waals surface area contributed by atoms with E-state index in [-0.39, 0.29) is 11.1 Å². The molecule has 0 atom stereocenters.